The summed E-state index contributed by atoms with van der Waals surface area (Å²) in [6.07, 6.45) is 4.62. The minimum absolute atomic E-state index is 0.159. The molecule has 1 saturated carbocycles. The van der Waals surface area contributed by atoms with Gasteiger partial charge in [0.05, 0.1) is 0 Å². The van der Waals surface area contributed by atoms with Crippen LogP contribution in [0.25, 0.3) is 0 Å². The second kappa shape index (κ2) is 8.20. The van der Waals surface area contributed by atoms with Crippen LogP contribution < -0.4 is 15.4 Å². The van der Waals surface area contributed by atoms with E-state index in [1.165, 1.54) is 6.42 Å². The lowest BCUT2D eigenvalue weighted by atomic mass is 9.96. The number of ether oxygens (including phenoxy) is 1. The summed E-state index contributed by atoms with van der Waals surface area (Å²) in [7, 11) is 0. The third-order valence-corrected chi connectivity index (χ3v) is 4.41. The van der Waals surface area contributed by atoms with E-state index in [0.29, 0.717) is 10.8 Å². The van der Waals surface area contributed by atoms with Gasteiger partial charge in [-0.25, -0.2) is 4.79 Å². The quantitative estimate of drug-likeness (QED) is 0.881. The van der Waals surface area contributed by atoms with Gasteiger partial charge in [0.15, 0.2) is 6.10 Å². The highest BCUT2D eigenvalue weighted by atomic mass is 35.5. The highest BCUT2D eigenvalue weighted by Gasteiger charge is 2.20. The van der Waals surface area contributed by atoms with Gasteiger partial charge in [0.1, 0.15) is 5.75 Å². The van der Waals surface area contributed by atoms with Crippen molar-refractivity contribution < 1.29 is 14.3 Å². The monoisotopic (exact) mass is 338 g/mol. The van der Waals surface area contributed by atoms with Crippen LogP contribution in [0, 0.1) is 6.92 Å². The number of carbonyl (C=O) groups excluding carboxylic acids is 2. The number of hydrogen-bond acceptors (Lipinski definition) is 3. The fraction of sp³-hybridized carbons (Fsp3) is 0.529. The molecule has 2 N–H and O–H groups in total. The number of amides is 3. The van der Waals surface area contributed by atoms with Crippen LogP contribution in [-0.4, -0.2) is 24.1 Å². The molecule has 0 unspecified atom stereocenters. The Hall–Kier alpha value is -1.75. The number of imide groups is 1. The standard InChI is InChI=1S/C17H23ClN2O3/c1-11-10-14(8-9-15(11)18)23-12(2)16(21)20-17(22)19-13-6-4-3-5-7-13/h8-10,12-13H,3-7H2,1-2H3,(H2,19,20,21,22)/t12-/m1/s1. The molecule has 0 aromatic heterocycles. The Kier molecular flexibility index (Phi) is 6.28. The summed E-state index contributed by atoms with van der Waals surface area (Å²) in [6.45, 7) is 3.46. The van der Waals surface area contributed by atoms with Crippen molar-refractivity contribution in [1.29, 1.82) is 0 Å². The molecule has 2 rings (SSSR count). The second-order valence-corrected chi connectivity index (χ2v) is 6.38. The predicted molar refractivity (Wildman–Crippen MR) is 89.8 cm³/mol. The lowest BCUT2D eigenvalue weighted by Crippen LogP contribution is -2.48. The van der Waals surface area contributed by atoms with Gasteiger partial charge < -0.3 is 10.1 Å². The third kappa shape index (κ3) is 5.43. The largest absolute Gasteiger partial charge is 0.481 e. The van der Waals surface area contributed by atoms with Crippen molar-refractivity contribution in [2.45, 2.75) is 58.1 Å². The van der Waals surface area contributed by atoms with E-state index in [1.54, 1.807) is 25.1 Å². The molecule has 0 bridgehead atoms. The first-order valence-electron chi connectivity index (χ1n) is 8.00. The molecule has 1 aliphatic carbocycles. The topological polar surface area (TPSA) is 67.4 Å². The first-order valence-corrected chi connectivity index (χ1v) is 8.37. The van der Waals surface area contributed by atoms with Crippen LogP contribution in [0.2, 0.25) is 5.02 Å². The molecule has 1 atom stereocenters. The Morgan fingerprint density at radius 2 is 1.96 bits per heavy atom. The van der Waals surface area contributed by atoms with E-state index in [1.807, 2.05) is 6.92 Å². The molecule has 5 nitrogen and oxygen atoms in total. The molecular weight excluding hydrogens is 316 g/mol. The fourth-order valence-electron chi connectivity index (χ4n) is 2.63. The summed E-state index contributed by atoms with van der Waals surface area (Å²) < 4.78 is 5.55. The third-order valence-electron chi connectivity index (χ3n) is 3.99. The lowest BCUT2D eigenvalue weighted by Gasteiger charge is -2.23. The van der Waals surface area contributed by atoms with Gasteiger partial charge in [0, 0.05) is 11.1 Å². The number of benzene rings is 1. The first-order chi connectivity index (χ1) is 11.0. The predicted octanol–water partition coefficient (Wildman–Crippen LogP) is 3.57. The zero-order valence-corrected chi connectivity index (χ0v) is 14.3. The van der Waals surface area contributed by atoms with Crippen LogP contribution in [0.15, 0.2) is 18.2 Å². The highest BCUT2D eigenvalue weighted by molar-refractivity contribution is 6.31. The molecule has 0 aliphatic heterocycles. The van der Waals surface area contributed by atoms with Crippen molar-refractivity contribution in [3.63, 3.8) is 0 Å². The molecule has 0 spiro atoms. The van der Waals surface area contributed by atoms with Crippen LogP contribution in [0.3, 0.4) is 0 Å². The summed E-state index contributed by atoms with van der Waals surface area (Å²) in [6, 6.07) is 4.87. The van der Waals surface area contributed by atoms with E-state index in [-0.39, 0.29) is 6.04 Å². The van der Waals surface area contributed by atoms with Crippen molar-refractivity contribution in [2.24, 2.45) is 0 Å². The Morgan fingerprint density at radius 3 is 2.61 bits per heavy atom. The van der Waals surface area contributed by atoms with Crippen molar-refractivity contribution in [3.05, 3.63) is 28.8 Å². The molecule has 1 aliphatic rings. The number of carbonyl (C=O) groups is 2. The number of urea groups is 1. The van der Waals surface area contributed by atoms with Crippen LogP contribution >= 0.6 is 11.6 Å². The number of aryl methyl sites for hydroxylation is 1. The zero-order valence-electron chi connectivity index (χ0n) is 13.5. The zero-order chi connectivity index (χ0) is 16.8. The molecule has 1 fully saturated rings. The van der Waals surface area contributed by atoms with E-state index in [2.05, 4.69) is 10.6 Å². The molecule has 1 aromatic rings. The number of nitrogens with one attached hydrogen (secondary N) is 2. The summed E-state index contributed by atoms with van der Waals surface area (Å²) >= 11 is 5.95. The Labute approximate surface area is 141 Å². The van der Waals surface area contributed by atoms with Crippen molar-refractivity contribution >= 4 is 23.5 Å². The summed E-state index contributed by atoms with van der Waals surface area (Å²) in [5, 5.41) is 5.81. The normalized spacial score (nSPS) is 16.5. The van der Waals surface area contributed by atoms with E-state index < -0.39 is 18.0 Å². The highest BCUT2D eigenvalue weighted by Crippen LogP contribution is 2.22. The summed E-state index contributed by atoms with van der Waals surface area (Å²) in [5.41, 5.74) is 0.867. The average Bonchev–Trinajstić information content (AvgIpc) is 2.51. The van der Waals surface area contributed by atoms with Crippen molar-refractivity contribution in [1.82, 2.24) is 10.6 Å². The minimum Gasteiger partial charge on any atom is -0.481 e. The Bertz CT molecular complexity index is 571. The smallest absolute Gasteiger partial charge is 0.321 e. The van der Waals surface area contributed by atoms with Gasteiger partial charge in [0.2, 0.25) is 0 Å². The van der Waals surface area contributed by atoms with Crippen LogP contribution in [0.5, 0.6) is 5.75 Å². The van der Waals surface area contributed by atoms with Gasteiger partial charge in [-0.05, 0) is 50.5 Å². The molecule has 0 heterocycles. The molecular formula is C17H23ClN2O3. The number of halogens is 1. The van der Waals surface area contributed by atoms with Gasteiger partial charge in [0.25, 0.3) is 5.91 Å². The van der Waals surface area contributed by atoms with E-state index in [9.17, 15) is 9.59 Å². The van der Waals surface area contributed by atoms with Crippen LogP contribution in [0.4, 0.5) is 4.79 Å². The molecule has 126 valence electrons. The van der Waals surface area contributed by atoms with E-state index in [4.69, 9.17) is 16.3 Å². The lowest BCUT2D eigenvalue weighted by molar-refractivity contribution is -0.126. The molecule has 23 heavy (non-hydrogen) atoms. The van der Waals surface area contributed by atoms with Gasteiger partial charge in [-0.3, -0.25) is 10.1 Å². The number of hydrogen-bond donors (Lipinski definition) is 2. The molecule has 3 amide bonds. The molecule has 6 heteroatoms. The average molecular weight is 339 g/mol. The molecule has 1 aromatic carbocycles. The summed E-state index contributed by atoms with van der Waals surface area (Å²) in [5.74, 6) is 0.0770. The van der Waals surface area contributed by atoms with Gasteiger partial charge in [-0.2, -0.15) is 0 Å². The first kappa shape index (κ1) is 17.6. The minimum atomic E-state index is -0.771. The maximum absolute atomic E-state index is 12.0. The molecule has 0 radical (unpaired) electrons. The maximum Gasteiger partial charge on any atom is 0.321 e. The SMILES string of the molecule is Cc1cc(O[C@H](C)C(=O)NC(=O)NC2CCCCC2)ccc1Cl. The number of rotatable bonds is 4. The maximum atomic E-state index is 12.0. The van der Waals surface area contributed by atoms with Gasteiger partial charge in [-0.15, -0.1) is 0 Å². The Morgan fingerprint density at radius 1 is 1.26 bits per heavy atom. The molecule has 0 saturated heterocycles. The Balaban J connectivity index is 1.81. The van der Waals surface area contributed by atoms with Gasteiger partial charge in [-0.1, -0.05) is 30.9 Å². The van der Waals surface area contributed by atoms with E-state index in [0.717, 1.165) is 31.2 Å². The van der Waals surface area contributed by atoms with Gasteiger partial charge >= 0.3 is 6.03 Å². The summed E-state index contributed by atoms with van der Waals surface area (Å²) in [4.78, 5) is 23.9. The van der Waals surface area contributed by atoms with Crippen LogP contribution in [-0.2, 0) is 4.79 Å². The van der Waals surface area contributed by atoms with Crippen molar-refractivity contribution in [2.75, 3.05) is 0 Å². The second-order valence-electron chi connectivity index (χ2n) is 5.97. The van der Waals surface area contributed by atoms with Crippen LogP contribution in [0.1, 0.15) is 44.6 Å². The van der Waals surface area contributed by atoms with Crippen molar-refractivity contribution in [3.8, 4) is 5.75 Å². The van der Waals surface area contributed by atoms with E-state index >= 15 is 0 Å². The fourth-order valence-corrected chi connectivity index (χ4v) is 2.75.